The maximum absolute atomic E-state index is 13.9. The van der Waals surface area contributed by atoms with Crippen LogP contribution in [0.15, 0.2) is 18.2 Å². The number of aliphatic hydroxyl groups is 1. The predicted octanol–water partition coefficient (Wildman–Crippen LogP) is 2.67. The number of nitrogens with zero attached hydrogens (tertiary/aromatic N) is 2. The summed E-state index contributed by atoms with van der Waals surface area (Å²) in [6.07, 6.45) is 5.69. The highest BCUT2D eigenvalue weighted by molar-refractivity contribution is 5.89. The molecule has 3 N–H and O–H groups in total. The molecule has 1 aliphatic heterocycles. The van der Waals surface area contributed by atoms with Crippen LogP contribution < -0.4 is 20.1 Å². The Morgan fingerprint density at radius 1 is 1.08 bits per heavy atom. The van der Waals surface area contributed by atoms with Crippen LogP contribution in [0.25, 0.3) is 0 Å². The SMILES string of the molecule is COc1cc(CN2CC(CC(=O)NCCO)N(C(=O)NC3CCCCC3)[C@@H](CC(C)C)C2=O)cc(OC)c1. The summed E-state index contributed by atoms with van der Waals surface area (Å²) < 4.78 is 10.8. The molecule has 10 heteroatoms. The number of ether oxygens (including phenoxy) is 2. The highest BCUT2D eigenvalue weighted by atomic mass is 16.5. The molecule has 1 aromatic carbocycles. The van der Waals surface area contributed by atoms with Crippen LogP contribution in [0, 0.1) is 5.92 Å². The lowest BCUT2D eigenvalue weighted by Gasteiger charge is -2.47. The first-order valence-corrected chi connectivity index (χ1v) is 13.7. The van der Waals surface area contributed by atoms with E-state index in [1.807, 2.05) is 26.0 Å². The molecule has 2 aliphatic rings. The summed E-state index contributed by atoms with van der Waals surface area (Å²) >= 11 is 0. The maximum Gasteiger partial charge on any atom is 0.318 e. The molecule has 2 fully saturated rings. The van der Waals surface area contributed by atoms with Gasteiger partial charge in [0.1, 0.15) is 17.5 Å². The van der Waals surface area contributed by atoms with Crippen molar-refractivity contribution in [3.63, 3.8) is 0 Å². The smallest absolute Gasteiger partial charge is 0.318 e. The van der Waals surface area contributed by atoms with Crippen LogP contribution in [0.1, 0.15) is 64.4 Å². The third-order valence-corrected chi connectivity index (χ3v) is 7.26. The van der Waals surface area contributed by atoms with E-state index in [1.165, 1.54) is 6.42 Å². The Bertz CT molecular complexity index is 927. The van der Waals surface area contributed by atoms with Gasteiger partial charge in [0, 0.05) is 38.2 Å². The molecule has 38 heavy (non-hydrogen) atoms. The summed E-state index contributed by atoms with van der Waals surface area (Å²) in [7, 11) is 3.15. The highest BCUT2D eigenvalue weighted by Crippen LogP contribution is 2.29. The fourth-order valence-electron chi connectivity index (χ4n) is 5.45. The van der Waals surface area contributed by atoms with Crippen LogP contribution in [0.4, 0.5) is 4.79 Å². The Labute approximate surface area is 226 Å². The normalized spacial score (nSPS) is 20.4. The van der Waals surface area contributed by atoms with Crippen LogP contribution in [-0.2, 0) is 16.1 Å². The van der Waals surface area contributed by atoms with Crippen LogP contribution in [-0.4, -0.2) is 84.8 Å². The van der Waals surface area contributed by atoms with Gasteiger partial charge in [0.15, 0.2) is 0 Å². The summed E-state index contributed by atoms with van der Waals surface area (Å²) in [6.45, 7) is 4.55. The molecule has 0 radical (unpaired) electrons. The first kappa shape index (κ1) is 29.5. The molecule has 2 atom stereocenters. The van der Waals surface area contributed by atoms with E-state index in [4.69, 9.17) is 14.6 Å². The highest BCUT2D eigenvalue weighted by Gasteiger charge is 2.44. The minimum atomic E-state index is -0.685. The number of hydrogen-bond acceptors (Lipinski definition) is 6. The molecule has 1 heterocycles. The lowest BCUT2D eigenvalue weighted by molar-refractivity contribution is -0.145. The molecule has 212 valence electrons. The van der Waals surface area contributed by atoms with Crippen LogP contribution in [0.2, 0.25) is 0 Å². The van der Waals surface area contributed by atoms with Crippen molar-refractivity contribution in [3.05, 3.63) is 23.8 Å². The van der Waals surface area contributed by atoms with Crippen molar-refractivity contribution in [1.82, 2.24) is 20.4 Å². The molecule has 10 nitrogen and oxygen atoms in total. The zero-order valence-corrected chi connectivity index (χ0v) is 23.2. The lowest BCUT2D eigenvalue weighted by atomic mass is 9.93. The molecule has 1 unspecified atom stereocenters. The second kappa shape index (κ2) is 14.2. The van der Waals surface area contributed by atoms with E-state index in [1.54, 1.807) is 30.1 Å². The Morgan fingerprint density at radius 2 is 1.74 bits per heavy atom. The lowest BCUT2D eigenvalue weighted by Crippen LogP contribution is -2.66. The second-order valence-electron chi connectivity index (χ2n) is 10.7. The van der Waals surface area contributed by atoms with Gasteiger partial charge in [0.05, 0.1) is 26.9 Å². The standard InChI is InChI=1S/C28H44N4O6/c1-19(2)12-25-27(35)31(17-20-13-23(37-3)16-24(14-20)38-4)18-22(15-26(34)29-10-11-33)32(25)28(36)30-21-8-6-5-7-9-21/h13-14,16,19,21-22,25,33H,5-12,15,17-18H2,1-4H3,(H,29,34)(H,30,36)/t22?,25-/m0/s1. The van der Waals surface area contributed by atoms with Gasteiger partial charge in [0.25, 0.3) is 0 Å². The van der Waals surface area contributed by atoms with Crippen molar-refractivity contribution >= 4 is 17.8 Å². The number of aliphatic hydroxyl groups excluding tert-OH is 1. The number of urea groups is 1. The van der Waals surface area contributed by atoms with E-state index >= 15 is 0 Å². The van der Waals surface area contributed by atoms with Gasteiger partial charge >= 0.3 is 6.03 Å². The second-order valence-corrected chi connectivity index (χ2v) is 10.7. The quantitative estimate of drug-likeness (QED) is 0.403. The fourth-order valence-corrected chi connectivity index (χ4v) is 5.45. The number of hydrogen-bond donors (Lipinski definition) is 3. The first-order valence-electron chi connectivity index (χ1n) is 13.7. The van der Waals surface area contributed by atoms with Crippen molar-refractivity contribution in [2.45, 2.75) is 83.5 Å². The van der Waals surface area contributed by atoms with E-state index in [0.717, 1.165) is 31.2 Å². The molecule has 1 aromatic rings. The van der Waals surface area contributed by atoms with Gasteiger partial charge in [-0.1, -0.05) is 33.1 Å². The molecule has 0 bridgehead atoms. The van der Waals surface area contributed by atoms with Crippen LogP contribution in [0.3, 0.4) is 0 Å². The fraction of sp³-hybridized carbons (Fsp3) is 0.679. The minimum Gasteiger partial charge on any atom is -0.497 e. The number of rotatable bonds is 11. The van der Waals surface area contributed by atoms with Crippen molar-refractivity contribution in [3.8, 4) is 11.5 Å². The molecule has 1 aliphatic carbocycles. The van der Waals surface area contributed by atoms with E-state index in [9.17, 15) is 14.4 Å². The van der Waals surface area contributed by atoms with Gasteiger partial charge in [-0.3, -0.25) is 9.59 Å². The predicted molar refractivity (Wildman–Crippen MR) is 144 cm³/mol. The average Bonchev–Trinajstić information content (AvgIpc) is 2.90. The number of benzene rings is 1. The van der Waals surface area contributed by atoms with Gasteiger partial charge in [-0.15, -0.1) is 0 Å². The molecule has 4 amide bonds. The number of carbonyl (C=O) groups is 3. The van der Waals surface area contributed by atoms with Gasteiger partial charge in [0.2, 0.25) is 11.8 Å². The molecular weight excluding hydrogens is 488 g/mol. The Balaban J connectivity index is 1.91. The number of piperazine rings is 1. The average molecular weight is 533 g/mol. The molecule has 3 rings (SSSR count). The van der Waals surface area contributed by atoms with Crippen LogP contribution >= 0.6 is 0 Å². The number of amides is 4. The first-order chi connectivity index (χ1) is 18.2. The third-order valence-electron chi connectivity index (χ3n) is 7.26. The van der Waals surface area contributed by atoms with Crippen molar-refractivity contribution in [2.75, 3.05) is 33.9 Å². The summed E-state index contributed by atoms with van der Waals surface area (Å²) in [5.74, 6) is 1.01. The monoisotopic (exact) mass is 532 g/mol. The van der Waals surface area contributed by atoms with Gasteiger partial charge in [-0.05, 0) is 42.9 Å². The van der Waals surface area contributed by atoms with E-state index < -0.39 is 12.1 Å². The Hall–Kier alpha value is -3.01. The Morgan fingerprint density at radius 3 is 2.32 bits per heavy atom. The Kier molecular flexibility index (Phi) is 11.1. The molecule has 1 saturated heterocycles. The molecule has 1 saturated carbocycles. The van der Waals surface area contributed by atoms with Gasteiger partial charge < -0.3 is 35.0 Å². The molecule has 0 aromatic heterocycles. The number of carbonyl (C=O) groups excluding carboxylic acids is 3. The largest absolute Gasteiger partial charge is 0.497 e. The summed E-state index contributed by atoms with van der Waals surface area (Å²) in [5, 5.41) is 15.0. The minimum absolute atomic E-state index is 0.0396. The van der Waals surface area contributed by atoms with E-state index in [-0.39, 0.29) is 55.9 Å². The van der Waals surface area contributed by atoms with E-state index in [0.29, 0.717) is 24.5 Å². The van der Waals surface area contributed by atoms with Crippen molar-refractivity contribution in [1.29, 1.82) is 0 Å². The third kappa shape index (κ3) is 7.99. The molecular formula is C28H44N4O6. The van der Waals surface area contributed by atoms with Gasteiger partial charge in [-0.2, -0.15) is 0 Å². The summed E-state index contributed by atoms with van der Waals surface area (Å²) in [5.41, 5.74) is 0.835. The number of methoxy groups -OCH3 is 2. The zero-order valence-electron chi connectivity index (χ0n) is 23.2. The van der Waals surface area contributed by atoms with Crippen molar-refractivity contribution < 1.29 is 29.0 Å². The van der Waals surface area contributed by atoms with E-state index in [2.05, 4.69) is 10.6 Å². The zero-order chi connectivity index (χ0) is 27.7. The number of nitrogens with one attached hydrogen (secondary N) is 2. The summed E-state index contributed by atoms with van der Waals surface area (Å²) in [6, 6.07) is 4.10. The van der Waals surface area contributed by atoms with Crippen LogP contribution in [0.5, 0.6) is 11.5 Å². The topological polar surface area (TPSA) is 120 Å². The van der Waals surface area contributed by atoms with Gasteiger partial charge in [-0.25, -0.2) is 4.79 Å². The maximum atomic E-state index is 13.9. The van der Waals surface area contributed by atoms with Crippen molar-refractivity contribution in [2.24, 2.45) is 5.92 Å². The summed E-state index contributed by atoms with van der Waals surface area (Å²) in [4.78, 5) is 43.7. The molecule has 0 spiro atoms.